The van der Waals surface area contributed by atoms with Crippen LogP contribution >= 0.6 is 0 Å². The number of benzene rings is 1. The summed E-state index contributed by atoms with van der Waals surface area (Å²) in [5, 5.41) is 14.3. The fourth-order valence-corrected chi connectivity index (χ4v) is 1.96. The Bertz CT molecular complexity index is 594. The molecule has 2 aromatic rings. The number of rotatable bonds is 4. The van der Waals surface area contributed by atoms with Gasteiger partial charge in [0.25, 0.3) is 0 Å². The van der Waals surface area contributed by atoms with Gasteiger partial charge in [0.15, 0.2) is 0 Å². The van der Waals surface area contributed by atoms with Crippen LogP contribution in [0.25, 0.3) is 10.9 Å². The second-order valence-corrected chi connectivity index (χ2v) is 4.14. The minimum atomic E-state index is -1.28. The fourth-order valence-electron chi connectivity index (χ4n) is 1.96. The third-order valence-corrected chi connectivity index (χ3v) is 2.76. The molecule has 0 fully saturated rings. The number of carboxylic acid groups (broad SMARTS) is 1. The summed E-state index contributed by atoms with van der Waals surface area (Å²) in [6.45, 7) is 1.28. The molecule has 0 radical (unpaired) electrons. The summed E-state index contributed by atoms with van der Waals surface area (Å²) in [6.07, 6.45) is 1.95. The molecule has 5 nitrogen and oxygen atoms in total. The van der Waals surface area contributed by atoms with Crippen LogP contribution in [0, 0.1) is 0 Å². The number of hydrogen-bond donors (Lipinski definition) is 2. The zero-order valence-corrected chi connectivity index (χ0v) is 12.9. The van der Waals surface area contributed by atoms with Crippen LogP contribution in [0.4, 0.5) is 0 Å². The van der Waals surface area contributed by atoms with E-state index in [1.54, 1.807) is 6.20 Å². The number of carboxylic acids is 1. The van der Waals surface area contributed by atoms with Crippen molar-refractivity contribution < 1.29 is 44.3 Å². The molecule has 2 rings (SSSR count). The van der Waals surface area contributed by atoms with Crippen LogP contribution in [0.3, 0.4) is 0 Å². The van der Waals surface area contributed by atoms with Crippen molar-refractivity contribution in [1.82, 2.24) is 10.3 Å². The molecule has 94 valence electrons. The molecule has 0 aliphatic carbocycles. The second kappa shape index (κ2) is 6.75. The molecule has 0 aliphatic rings. The molecule has 19 heavy (non-hydrogen) atoms. The van der Waals surface area contributed by atoms with Crippen molar-refractivity contribution in [2.45, 2.75) is 19.4 Å². The Balaban J connectivity index is 0.00000180. The van der Waals surface area contributed by atoms with Gasteiger partial charge in [-0.25, -0.2) is 0 Å². The van der Waals surface area contributed by atoms with Crippen molar-refractivity contribution in [3.8, 4) is 0 Å². The molecule has 0 saturated carbocycles. The van der Waals surface area contributed by atoms with Gasteiger partial charge in [-0.3, -0.25) is 4.79 Å². The molecule has 2 N–H and O–H groups in total. The second-order valence-electron chi connectivity index (χ2n) is 4.14. The van der Waals surface area contributed by atoms with Gasteiger partial charge in [-0.1, -0.05) is 18.2 Å². The van der Waals surface area contributed by atoms with Crippen molar-refractivity contribution in [1.29, 1.82) is 0 Å². The van der Waals surface area contributed by atoms with Gasteiger partial charge in [0.2, 0.25) is 5.91 Å². The number of H-pyrrole nitrogens is 1. The van der Waals surface area contributed by atoms with Crippen LogP contribution < -0.4 is 40.0 Å². The summed E-state index contributed by atoms with van der Waals surface area (Å²) in [4.78, 5) is 25.0. The molecule has 1 aromatic heterocycles. The van der Waals surface area contributed by atoms with E-state index in [2.05, 4.69) is 10.3 Å². The number of aromatic nitrogens is 1. The van der Waals surface area contributed by atoms with E-state index in [4.69, 9.17) is 0 Å². The first-order chi connectivity index (χ1) is 8.58. The molecular formula is C13H13N2NaO3. The van der Waals surface area contributed by atoms with Crippen molar-refractivity contribution in [2.24, 2.45) is 0 Å². The van der Waals surface area contributed by atoms with Crippen LogP contribution in [-0.2, 0) is 16.0 Å². The van der Waals surface area contributed by atoms with E-state index in [0.717, 1.165) is 16.5 Å². The Hall–Kier alpha value is -1.30. The maximum absolute atomic E-state index is 11.0. The molecule has 0 saturated heterocycles. The Morgan fingerprint density at radius 1 is 1.37 bits per heavy atom. The largest absolute Gasteiger partial charge is 1.00 e. The predicted molar refractivity (Wildman–Crippen MR) is 64.6 cm³/mol. The first-order valence-electron chi connectivity index (χ1n) is 5.61. The van der Waals surface area contributed by atoms with Crippen LogP contribution in [0.15, 0.2) is 30.5 Å². The summed E-state index contributed by atoms with van der Waals surface area (Å²) in [7, 11) is 0. The minimum Gasteiger partial charge on any atom is -0.548 e. The van der Waals surface area contributed by atoms with Crippen molar-refractivity contribution in [3.63, 3.8) is 0 Å². The fraction of sp³-hybridized carbons (Fsp3) is 0.231. The first-order valence-corrected chi connectivity index (χ1v) is 5.61. The Morgan fingerprint density at radius 3 is 2.68 bits per heavy atom. The number of aromatic amines is 1. The maximum atomic E-state index is 11.0. The number of hydrogen-bond acceptors (Lipinski definition) is 3. The molecule has 0 spiro atoms. The van der Waals surface area contributed by atoms with Crippen LogP contribution in [0.5, 0.6) is 0 Å². The normalized spacial score (nSPS) is 11.6. The SMILES string of the molecule is CC(=O)N[C@H](Cc1c[nH]c2ccccc12)C(=O)[O-].[Na+]. The van der Waals surface area contributed by atoms with E-state index in [1.807, 2.05) is 24.3 Å². The molecule has 1 heterocycles. The van der Waals surface area contributed by atoms with Crippen molar-refractivity contribution >= 4 is 22.8 Å². The minimum absolute atomic E-state index is 0. The third-order valence-electron chi connectivity index (χ3n) is 2.76. The molecule has 0 unspecified atom stereocenters. The van der Waals surface area contributed by atoms with Crippen LogP contribution in [0.1, 0.15) is 12.5 Å². The summed E-state index contributed by atoms with van der Waals surface area (Å²) in [5.74, 6) is -1.67. The van der Waals surface area contributed by atoms with Gasteiger partial charge in [0.1, 0.15) is 0 Å². The molecular weight excluding hydrogens is 255 g/mol. The van der Waals surface area contributed by atoms with E-state index < -0.39 is 12.0 Å². The van der Waals surface area contributed by atoms with Gasteiger partial charge in [0.05, 0.1) is 12.0 Å². The van der Waals surface area contributed by atoms with Crippen LogP contribution in [0.2, 0.25) is 0 Å². The summed E-state index contributed by atoms with van der Waals surface area (Å²) >= 11 is 0. The average molecular weight is 268 g/mol. The number of para-hydroxylation sites is 1. The summed E-state index contributed by atoms with van der Waals surface area (Å²) < 4.78 is 0. The van der Waals surface area contributed by atoms with Gasteiger partial charge in [-0.2, -0.15) is 0 Å². The molecule has 1 amide bonds. The topological polar surface area (TPSA) is 85.0 Å². The van der Waals surface area contributed by atoms with E-state index in [-0.39, 0.29) is 41.9 Å². The number of amides is 1. The number of fused-ring (bicyclic) bond motifs is 1. The Kier molecular flexibility index (Phi) is 5.60. The van der Waals surface area contributed by atoms with Crippen molar-refractivity contribution in [2.75, 3.05) is 0 Å². The smallest absolute Gasteiger partial charge is 0.548 e. The summed E-state index contributed by atoms with van der Waals surface area (Å²) in [5.41, 5.74) is 1.78. The summed E-state index contributed by atoms with van der Waals surface area (Å²) in [6, 6.07) is 6.58. The van der Waals surface area contributed by atoms with E-state index >= 15 is 0 Å². The number of aliphatic carboxylic acids is 1. The average Bonchev–Trinajstić information content (AvgIpc) is 2.71. The molecule has 6 heteroatoms. The quantitative estimate of drug-likeness (QED) is 0.578. The van der Waals surface area contributed by atoms with Crippen LogP contribution in [-0.4, -0.2) is 22.9 Å². The third kappa shape index (κ3) is 3.83. The van der Waals surface area contributed by atoms with Crippen molar-refractivity contribution in [3.05, 3.63) is 36.0 Å². The Labute approximate surface area is 132 Å². The van der Waals surface area contributed by atoms with Gasteiger partial charge in [-0.05, 0) is 11.6 Å². The van der Waals surface area contributed by atoms with Gasteiger partial charge >= 0.3 is 29.6 Å². The van der Waals surface area contributed by atoms with E-state index in [9.17, 15) is 14.7 Å². The predicted octanol–water partition coefficient (Wildman–Crippen LogP) is -3.03. The van der Waals surface area contributed by atoms with Gasteiger partial charge in [-0.15, -0.1) is 0 Å². The number of nitrogens with one attached hydrogen (secondary N) is 2. The molecule has 1 atom stereocenters. The monoisotopic (exact) mass is 268 g/mol. The number of carbonyl (C=O) groups excluding carboxylic acids is 2. The molecule has 0 aliphatic heterocycles. The first kappa shape index (κ1) is 15.8. The number of carbonyl (C=O) groups is 2. The molecule has 1 aromatic carbocycles. The zero-order valence-electron chi connectivity index (χ0n) is 10.9. The zero-order chi connectivity index (χ0) is 13.1. The van der Waals surface area contributed by atoms with Gasteiger partial charge < -0.3 is 20.2 Å². The Morgan fingerprint density at radius 2 is 2.05 bits per heavy atom. The van der Waals surface area contributed by atoms with E-state index in [0.29, 0.717) is 0 Å². The molecule has 0 bridgehead atoms. The standard InChI is InChI=1S/C13H14N2O3.Na/c1-8(16)15-12(13(17)18)6-9-7-14-11-5-3-2-4-10(9)11;/h2-5,7,12,14H,6H2,1H3,(H,15,16)(H,17,18);/q;+1/p-1/t12-;/m1./s1. The van der Waals surface area contributed by atoms with Gasteiger partial charge in [0, 0.05) is 30.4 Å². The van der Waals surface area contributed by atoms with E-state index in [1.165, 1.54) is 6.92 Å². The maximum Gasteiger partial charge on any atom is 1.00 e.